The quantitative estimate of drug-likeness (QED) is 0.835. The van der Waals surface area contributed by atoms with Crippen molar-refractivity contribution in [3.8, 4) is 5.75 Å². The summed E-state index contributed by atoms with van der Waals surface area (Å²) in [5.74, 6) is 0.353. The van der Waals surface area contributed by atoms with E-state index >= 15 is 0 Å². The molecule has 0 heterocycles. The Bertz CT molecular complexity index is 797. The second kappa shape index (κ2) is 6.53. The van der Waals surface area contributed by atoms with Crippen molar-refractivity contribution < 1.29 is 17.5 Å². The Morgan fingerprint density at radius 1 is 1.08 bits per heavy atom. The highest BCUT2D eigenvalue weighted by atomic mass is 32.2. The number of benzene rings is 2. The molecule has 2 aromatic carbocycles. The molecule has 0 saturated heterocycles. The maximum Gasteiger partial charge on any atom is 0.240 e. The van der Waals surface area contributed by atoms with E-state index in [1.165, 1.54) is 24.3 Å². The number of rotatable bonds is 7. The van der Waals surface area contributed by atoms with Crippen LogP contribution in [0.2, 0.25) is 0 Å². The molecule has 1 saturated carbocycles. The molecule has 3 rings (SSSR count). The highest BCUT2D eigenvalue weighted by molar-refractivity contribution is 7.89. The average molecular weight is 349 g/mol. The minimum absolute atomic E-state index is 0.209. The van der Waals surface area contributed by atoms with Crippen LogP contribution in [0, 0.1) is 5.82 Å². The van der Waals surface area contributed by atoms with Crippen molar-refractivity contribution in [2.45, 2.75) is 30.1 Å². The van der Waals surface area contributed by atoms with E-state index in [1.807, 2.05) is 6.92 Å². The summed E-state index contributed by atoms with van der Waals surface area (Å²) in [4.78, 5) is 0.209. The van der Waals surface area contributed by atoms with Crippen LogP contribution in [0.25, 0.3) is 0 Å². The maximum absolute atomic E-state index is 13.1. The lowest BCUT2D eigenvalue weighted by Crippen LogP contribution is -2.32. The average Bonchev–Trinajstić information content (AvgIpc) is 3.36. The highest BCUT2D eigenvalue weighted by Gasteiger charge is 2.44. The Labute approximate surface area is 141 Å². The van der Waals surface area contributed by atoms with Gasteiger partial charge in [0.1, 0.15) is 11.6 Å². The minimum Gasteiger partial charge on any atom is -0.494 e. The predicted molar refractivity (Wildman–Crippen MR) is 90.1 cm³/mol. The van der Waals surface area contributed by atoms with Gasteiger partial charge in [0.25, 0.3) is 0 Å². The van der Waals surface area contributed by atoms with Crippen molar-refractivity contribution in [2.24, 2.45) is 0 Å². The lowest BCUT2D eigenvalue weighted by molar-refractivity contribution is 0.340. The van der Waals surface area contributed by atoms with Crippen LogP contribution in [0.1, 0.15) is 25.3 Å². The van der Waals surface area contributed by atoms with Crippen LogP contribution in [0.15, 0.2) is 53.4 Å². The maximum atomic E-state index is 13.1. The molecule has 0 aliphatic heterocycles. The lowest BCUT2D eigenvalue weighted by Gasteiger charge is -2.17. The molecule has 0 spiro atoms. The summed E-state index contributed by atoms with van der Waals surface area (Å²) in [7, 11) is -3.58. The molecule has 6 heteroatoms. The number of hydrogen-bond donors (Lipinski definition) is 1. The van der Waals surface area contributed by atoms with Crippen LogP contribution in [0.3, 0.4) is 0 Å². The van der Waals surface area contributed by atoms with Gasteiger partial charge in [-0.15, -0.1) is 0 Å². The summed E-state index contributed by atoms with van der Waals surface area (Å²) < 4.78 is 46.0. The Hall–Kier alpha value is -1.92. The van der Waals surface area contributed by atoms with Crippen molar-refractivity contribution in [2.75, 3.05) is 13.2 Å². The van der Waals surface area contributed by atoms with E-state index in [0.717, 1.165) is 18.4 Å². The first-order valence-corrected chi connectivity index (χ1v) is 9.42. The molecule has 0 radical (unpaired) electrons. The van der Waals surface area contributed by atoms with Crippen molar-refractivity contribution in [3.05, 3.63) is 59.9 Å². The molecule has 128 valence electrons. The van der Waals surface area contributed by atoms with E-state index in [0.29, 0.717) is 18.9 Å². The monoisotopic (exact) mass is 349 g/mol. The molecule has 1 aliphatic carbocycles. The van der Waals surface area contributed by atoms with Gasteiger partial charge in [-0.05, 0) is 61.7 Å². The first-order valence-electron chi connectivity index (χ1n) is 7.94. The highest BCUT2D eigenvalue weighted by Crippen LogP contribution is 2.47. The van der Waals surface area contributed by atoms with E-state index < -0.39 is 10.0 Å². The van der Waals surface area contributed by atoms with E-state index in [2.05, 4.69) is 4.72 Å². The zero-order valence-corrected chi connectivity index (χ0v) is 14.3. The molecule has 1 N–H and O–H groups in total. The van der Waals surface area contributed by atoms with E-state index in [9.17, 15) is 12.8 Å². The number of sulfonamides is 1. The Balaban J connectivity index is 1.70. The van der Waals surface area contributed by atoms with Crippen LogP contribution in [-0.4, -0.2) is 21.6 Å². The first-order chi connectivity index (χ1) is 11.5. The second-order valence-corrected chi connectivity index (χ2v) is 7.78. The minimum atomic E-state index is -3.58. The Morgan fingerprint density at radius 3 is 2.25 bits per heavy atom. The fourth-order valence-electron chi connectivity index (χ4n) is 2.72. The van der Waals surface area contributed by atoms with Crippen molar-refractivity contribution in [1.29, 1.82) is 0 Å². The van der Waals surface area contributed by atoms with E-state index in [4.69, 9.17) is 4.74 Å². The SMILES string of the molecule is CCOc1ccc(S(=O)(=O)NCC2(c3ccc(F)cc3)CC2)cc1. The zero-order valence-electron chi connectivity index (χ0n) is 13.5. The molecule has 4 nitrogen and oxygen atoms in total. The Kier molecular flexibility index (Phi) is 4.60. The molecule has 1 aliphatic rings. The first kappa shape index (κ1) is 16.9. The topological polar surface area (TPSA) is 55.4 Å². The predicted octanol–water partition coefficient (Wildman–Crippen LogP) is 3.23. The van der Waals surface area contributed by atoms with Gasteiger partial charge >= 0.3 is 0 Å². The van der Waals surface area contributed by atoms with Gasteiger partial charge in [-0.3, -0.25) is 0 Å². The van der Waals surface area contributed by atoms with Crippen LogP contribution < -0.4 is 9.46 Å². The normalized spacial score (nSPS) is 15.9. The number of nitrogens with one attached hydrogen (secondary N) is 1. The van der Waals surface area contributed by atoms with Crippen molar-refractivity contribution in [3.63, 3.8) is 0 Å². The van der Waals surface area contributed by atoms with E-state index in [-0.39, 0.29) is 16.1 Å². The summed E-state index contributed by atoms with van der Waals surface area (Å²) in [5, 5.41) is 0. The fraction of sp³-hybridized carbons (Fsp3) is 0.333. The van der Waals surface area contributed by atoms with Gasteiger partial charge in [-0.25, -0.2) is 17.5 Å². The van der Waals surface area contributed by atoms with Crippen molar-refractivity contribution >= 4 is 10.0 Å². The third kappa shape index (κ3) is 3.60. The standard InChI is InChI=1S/C18H20FNO3S/c1-2-23-16-7-9-17(10-8-16)24(21,22)20-13-18(11-12-18)14-3-5-15(19)6-4-14/h3-10,20H,2,11-13H2,1H3. The van der Waals surface area contributed by atoms with Gasteiger partial charge in [-0.1, -0.05) is 12.1 Å². The molecular weight excluding hydrogens is 329 g/mol. The molecule has 2 aromatic rings. The molecule has 24 heavy (non-hydrogen) atoms. The zero-order chi connectivity index (χ0) is 17.2. The van der Waals surface area contributed by atoms with Crippen LogP contribution in [0.5, 0.6) is 5.75 Å². The molecule has 1 fully saturated rings. The molecule has 0 aromatic heterocycles. The Morgan fingerprint density at radius 2 is 1.71 bits per heavy atom. The van der Waals surface area contributed by atoms with Gasteiger partial charge < -0.3 is 4.74 Å². The van der Waals surface area contributed by atoms with E-state index in [1.54, 1.807) is 24.3 Å². The summed E-state index contributed by atoms with van der Waals surface area (Å²) in [6.45, 7) is 2.72. The third-order valence-corrected chi connectivity index (χ3v) is 5.77. The summed E-state index contributed by atoms with van der Waals surface area (Å²) in [6, 6.07) is 12.6. The van der Waals surface area contributed by atoms with Crippen LogP contribution >= 0.6 is 0 Å². The molecule has 0 bridgehead atoms. The number of ether oxygens (including phenoxy) is 1. The molecule has 0 unspecified atom stereocenters. The summed E-state index contributed by atoms with van der Waals surface area (Å²) >= 11 is 0. The number of hydrogen-bond acceptors (Lipinski definition) is 3. The third-order valence-electron chi connectivity index (χ3n) is 4.36. The summed E-state index contributed by atoms with van der Waals surface area (Å²) in [6.07, 6.45) is 1.79. The molecular formula is C18H20FNO3S. The lowest BCUT2D eigenvalue weighted by atomic mass is 9.96. The van der Waals surface area contributed by atoms with Gasteiger partial charge in [0.05, 0.1) is 11.5 Å². The fourth-order valence-corrected chi connectivity index (χ4v) is 3.85. The molecule has 0 amide bonds. The van der Waals surface area contributed by atoms with Crippen molar-refractivity contribution in [1.82, 2.24) is 4.72 Å². The van der Waals surface area contributed by atoms with Gasteiger partial charge in [0.2, 0.25) is 10.0 Å². The van der Waals surface area contributed by atoms with Gasteiger partial charge in [0, 0.05) is 12.0 Å². The largest absolute Gasteiger partial charge is 0.494 e. The van der Waals surface area contributed by atoms with Crippen LogP contribution in [0.4, 0.5) is 4.39 Å². The number of halogens is 1. The summed E-state index contributed by atoms with van der Waals surface area (Å²) in [5.41, 5.74) is 0.754. The van der Waals surface area contributed by atoms with Gasteiger partial charge in [-0.2, -0.15) is 0 Å². The van der Waals surface area contributed by atoms with Gasteiger partial charge in [0.15, 0.2) is 0 Å². The second-order valence-electron chi connectivity index (χ2n) is 6.02. The smallest absolute Gasteiger partial charge is 0.240 e. The molecule has 0 atom stereocenters. The van der Waals surface area contributed by atoms with Crippen LogP contribution in [-0.2, 0) is 15.4 Å².